The number of aryl methyl sites for hydroxylation is 1. The van der Waals surface area contributed by atoms with Crippen LogP contribution in [0, 0.1) is 10.8 Å². The Morgan fingerprint density at radius 3 is 1.82 bits per heavy atom. The lowest BCUT2D eigenvalue weighted by atomic mass is 9.88. The van der Waals surface area contributed by atoms with Gasteiger partial charge in [0.25, 0.3) is 0 Å². The molecule has 2 unspecified atom stereocenters. The molecule has 2 aromatic rings. The van der Waals surface area contributed by atoms with Crippen LogP contribution in [0.15, 0.2) is 36.4 Å². The molecule has 44 heavy (non-hydrogen) atoms. The third kappa shape index (κ3) is 11.2. The van der Waals surface area contributed by atoms with E-state index in [0.717, 1.165) is 43.4 Å². The Balaban J connectivity index is 0.000000241. The number of hydrogen-bond donors (Lipinski definition) is 4. The second-order valence-electron chi connectivity index (χ2n) is 15.6. The van der Waals surface area contributed by atoms with Crippen molar-refractivity contribution in [1.82, 2.24) is 10.6 Å². The summed E-state index contributed by atoms with van der Waals surface area (Å²) >= 11 is 0. The predicted octanol–water partition coefficient (Wildman–Crippen LogP) is 7.31. The van der Waals surface area contributed by atoms with Gasteiger partial charge in [-0.25, -0.2) is 0 Å². The van der Waals surface area contributed by atoms with Crippen molar-refractivity contribution in [2.45, 2.75) is 138 Å². The number of carboxylic acid groups (broad SMARTS) is 2. The summed E-state index contributed by atoms with van der Waals surface area (Å²) in [5.74, 6) is -0.611. The molecule has 1 aliphatic heterocycles. The minimum atomic E-state index is -0.789. The summed E-state index contributed by atoms with van der Waals surface area (Å²) in [5, 5.41) is 25.2. The topological polar surface area (TPSA) is 108 Å². The third-order valence-corrected chi connectivity index (χ3v) is 8.46. The van der Waals surface area contributed by atoms with Crippen LogP contribution in [0.2, 0.25) is 0 Å². The van der Waals surface area contributed by atoms with Crippen molar-refractivity contribution in [2.24, 2.45) is 10.8 Å². The molecule has 2 atom stereocenters. The summed E-state index contributed by atoms with van der Waals surface area (Å²) in [4.78, 5) is 22.9. The number of benzene rings is 2. The van der Waals surface area contributed by atoms with Crippen LogP contribution in [-0.2, 0) is 41.9 Å². The van der Waals surface area contributed by atoms with Crippen molar-refractivity contribution in [3.8, 4) is 5.75 Å². The third-order valence-electron chi connectivity index (χ3n) is 8.46. The molecule has 2 aliphatic rings. The molecule has 0 fully saturated rings. The number of rotatable bonds is 12. The minimum Gasteiger partial charge on any atom is -0.487 e. The van der Waals surface area contributed by atoms with Gasteiger partial charge in [0.1, 0.15) is 23.4 Å². The lowest BCUT2D eigenvalue weighted by molar-refractivity contribution is -0.140. The van der Waals surface area contributed by atoms with Gasteiger partial charge in [0.05, 0.1) is 0 Å². The molecular weight excluding hydrogens is 552 g/mol. The second-order valence-corrected chi connectivity index (χ2v) is 15.6. The first-order chi connectivity index (χ1) is 20.4. The highest BCUT2D eigenvalue weighted by Gasteiger charge is 2.32. The fourth-order valence-electron chi connectivity index (χ4n) is 5.93. The summed E-state index contributed by atoms with van der Waals surface area (Å²) in [6.07, 6.45) is 7.48. The van der Waals surface area contributed by atoms with Crippen molar-refractivity contribution < 1.29 is 24.5 Å². The molecule has 2 aromatic carbocycles. The first-order valence-corrected chi connectivity index (χ1v) is 16.3. The van der Waals surface area contributed by atoms with Gasteiger partial charge in [0, 0.05) is 25.1 Å². The number of carboxylic acids is 2. The molecular formula is C37H56N2O5. The Morgan fingerprint density at radius 1 is 0.795 bits per heavy atom. The molecule has 1 heterocycles. The lowest BCUT2D eigenvalue weighted by Crippen LogP contribution is -2.37. The van der Waals surface area contributed by atoms with Crippen LogP contribution in [-0.4, -0.2) is 39.8 Å². The lowest BCUT2D eigenvalue weighted by Gasteiger charge is -2.22. The molecule has 0 radical (unpaired) electrons. The number of hydrogen-bond acceptors (Lipinski definition) is 5. The molecule has 4 N–H and O–H groups in total. The van der Waals surface area contributed by atoms with Gasteiger partial charge >= 0.3 is 11.9 Å². The maximum Gasteiger partial charge on any atom is 0.320 e. The van der Waals surface area contributed by atoms with Crippen molar-refractivity contribution in [3.05, 3.63) is 64.2 Å². The van der Waals surface area contributed by atoms with Gasteiger partial charge in [0.2, 0.25) is 0 Å². The average Bonchev–Trinajstić information content (AvgIpc) is 3.51. The molecule has 1 aliphatic carbocycles. The van der Waals surface area contributed by atoms with E-state index in [1.165, 1.54) is 28.7 Å². The first kappa shape index (κ1) is 35.6. The van der Waals surface area contributed by atoms with E-state index in [-0.39, 0.29) is 16.4 Å². The Labute approximate surface area is 265 Å². The highest BCUT2D eigenvalue weighted by molar-refractivity contribution is 5.73. The van der Waals surface area contributed by atoms with E-state index in [4.69, 9.17) is 4.74 Å². The summed E-state index contributed by atoms with van der Waals surface area (Å²) in [7, 11) is 0. The molecule has 0 spiro atoms. The van der Waals surface area contributed by atoms with E-state index in [2.05, 4.69) is 90.3 Å². The first-order valence-electron chi connectivity index (χ1n) is 16.3. The molecule has 0 aromatic heterocycles. The molecule has 0 bridgehead atoms. The Bertz CT molecular complexity index is 1270. The fraction of sp³-hybridized carbons (Fsp3) is 0.622. The summed E-state index contributed by atoms with van der Waals surface area (Å²) < 4.78 is 6.04. The molecule has 4 rings (SSSR count). The zero-order valence-corrected chi connectivity index (χ0v) is 28.3. The Morgan fingerprint density at radius 2 is 1.30 bits per heavy atom. The van der Waals surface area contributed by atoms with Crippen molar-refractivity contribution in [1.29, 1.82) is 0 Å². The molecule has 244 valence electrons. The zero-order chi connectivity index (χ0) is 32.7. The van der Waals surface area contributed by atoms with Crippen LogP contribution >= 0.6 is 0 Å². The van der Waals surface area contributed by atoms with Gasteiger partial charge in [-0.05, 0) is 91.9 Å². The van der Waals surface area contributed by atoms with E-state index < -0.39 is 24.0 Å². The van der Waals surface area contributed by atoms with E-state index >= 15 is 0 Å². The predicted molar refractivity (Wildman–Crippen MR) is 177 cm³/mol. The quantitative estimate of drug-likeness (QED) is 0.200. The molecule has 0 amide bonds. The van der Waals surface area contributed by atoms with Gasteiger partial charge in [-0.1, -0.05) is 77.9 Å². The monoisotopic (exact) mass is 608 g/mol. The van der Waals surface area contributed by atoms with E-state index in [1.54, 1.807) is 0 Å². The van der Waals surface area contributed by atoms with Gasteiger partial charge < -0.3 is 25.6 Å². The SMILES string of the molecule is CC(C)(C)CCC(NCc1cccc2c1CCC2)C(=O)O.CC(C)(C)CCC(NCc1cccc2c1OC(C)(C)C2)C(=O)O. The van der Waals surface area contributed by atoms with E-state index in [0.29, 0.717) is 25.9 Å². The van der Waals surface area contributed by atoms with E-state index in [9.17, 15) is 19.8 Å². The summed E-state index contributed by atoms with van der Waals surface area (Å²) in [5.41, 5.74) is 6.51. The van der Waals surface area contributed by atoms with Crippen LogP contribution in [0.4, 0.5) is 0 Å². The maximum atomic E-state index is 11.5. The normalized spacial score (nSPS) is 16.6. The summed E-state index contributed by atoms with van der Waals surface area (Å²) in [6.45, 7) is 18.2. The van der Waals surface area contributed by atoms with Gasteiger partial charge in [-0.2, -0.15) is 0 Å². The van der Waals surface area contributed by atoms with Crippen LogP contribution in [0.5, 0.6) is 5.75 Å². The molecule has 0 saturated heterocycles. The number of para-hydroxylation sites is 1. The standard InChI is InChI=1S/C19H29NO3.C18H27NO2/c1-18(2,3)10-9-15(17(21)22)20-12-14-8-6-7-13-11-19(4,5)23-16(13)14;1-18(2,3)11-10-16(17(20)21)19-12-14-8-4-6-13-7-5-9-15(13)14/h6-8,15,20H,9-12H2,1-5H3,(H,21,22);4,6,8,16,19H,5,7,9-12H2,1-3H3,(H,20,21). The van der Waals surface area contributed by atoms with Gasteiger partial charge in [-0.3, -0.25) is 9.59 Å². The smallest absolute Gasteiger partial charge is 0.320 e. The molecule has 7 nitrogen and oxygen atoms in total. The van der Waals surface area contributed by atoms with Crippen molar-refractivity contribution in [3.63, 3.8) is 0 Å². The maximum absolute atomic E-state index is 11.5. The van der Waals surface area contributed by atoms with Crippen LogP contribution in [0.1, 0.15) is 115 Å². The minimum absolute atomic E-state index is 0.135. The Hall–Kier alpha value is -2.90. The zero-order valence-electron chi connectivity index (χ0n) is 28.3. The van der Waals surface area contributed by atoms with Crippen molar-refractivity contribution >= 4 is 11.9 Å². The highest BCUT2D eigenvalue weighted by atomic mass is 16.5. The number of carbonyl (C=O) groups is 2. The molecule has 7 heteroatoms. The number of ether oxygens (including phenoxy) is 1. The van der Waals surface area contributed by atoms with Crippen molar-refractivity contribution in [2.75, 3.05) is 0 Å². The van der Waals surface area contributed by atoms with Crippen LogP contribution < -0.4 is 15.4 Å². The van der Waals surface area contributed by atoms with Gasteiger partial charge in [-0.15, -0.1) is 0 Å². The number of fused-ring (bicyclic) bond motifs is 2. The summed E-state index contributed by atoms with van der Waals surface area (Å²) in [6, 6.07) is 11.5. The number of nitrogens with one attached hydrogen (secondary N) is 2. The van der Waals surface area contributed by atoms with E-state index in [1.807, 2.05) is 12.1 Å². The Kier molecular flexibility index (Phi) is 12.1. The largest absolute Gasteiger partial charge is 0.487 e. The van der Waals surface area contributed by atoms with Gasteiger partial charge in [0.15, 0.2) is 0 Å². The highest BCUT2D eigenvalue weighted by Crippen LogP contribution is 2.37. The van der Waals surface area contributed by atoms with Crippen LogP contribution in [0.25, 0.3) is 0 Å². The molecule has 0 saturated carbocycles. The number of aliphatic carboxylic acids is 2. The second kappa shape index (κ2) is 14.9. The van der Waals surface area contributed by atoms with Crippen LogP contribution in [0.3, 0.4) is 0 Å². The average molecular weight is 609 g/mol. The fourth-order valence-corrected chi connectivity index (χ4v) is 5.93.